The fourth-order valence-electron chi connectivity index (χ4n) is 4.03. The van der Waals surface area contributed by atoms with Crippen LogP contribution in [0.5, 0.6) is 5.75 Å². The Morgan fingerprint density at radius 3 is 2.54 bits per heavy atom. The molecule has 0 atom stereocenters. The Labute approximate surface area is 206 Å². The van der Waals surface area contributed by atoms with Crippen molar-refractivity contribution in [3.05, 3.63) is 107 Å². The summed E-state index contributed by atoms with van der Waals surface area (Å²) >= 11 is 0. The van der Waals surface area contributed by atoms with Crippen molar-refractivity contribution in [2.75, 3.05) is 11.8 Å². The van der Waals surface area contributed by atoms with E-state index in [1.165, 1.54) is 12.1 Å². The molecule has 6 nitrogen and oxygen atoms in total. The summed E-state index contributed by atoms with van der Waals surface area (Å²) in [6.07, 6.45) is 3.89. The zero-order chi connectivity index (χ0) is 25.1. The molecule has 35 heavy (non-hydrogen) atoms. The van der Waals surface area contributed by atoms with E-state index in [0.29, 0.717) is 22.7 Å². The van der Waals surface area contributed by atoms with Crippen LogP contribution in [0.3, 0.4) is 0 Å². The van der Waals surface area contributed by atoms with Crippen LogP contribution in [0, 0.1) is 0 Å². The van der Waals surface area contributed by atoms with E-state index < -0.39 is 10.0 Å². The van der Waals surface area contributed by atoms with Gasteiger partial charge in [-0.3, -0.25) is 9.52 Å². The van der Waals surface area contributed by atoms with E-state index in [2.05, 4.69) is 23.9 Å². The monoisotopic (exact) mass is 488 g/mol. The van der Waals surface area contributed by atoms with Gasteiger partial charge in [-0.15, -0.1) is 0 Å². The second-order valence-corrected chi connectivity index (χ2v) is 10.6. The summed E-state index contributed by atoms with van der Waals surface area (Å²) in [7, 11) is -2.14. The van der Waals surface area contributed by atoms with E-state index in [4.69, 9.17) is 4.74 Å². The van der Waals surface area contributed by atoms with Crippen molar-refractivity contribution in [3.63, 3.8) is 0 Å². The Morgan fingerprint density at radius 2 is 1.80 bits per heavy atom. The second kappa shape index (κ2) is 9.80. The summed E-state index contributed by atoms with van der Waals surface area (Å²) in [6.45, 7) is 4.16. The van der Waals surface area contributed by atoms with Gasteiger partial charge in [0.25, 0.3) is 10.0 Å². The van der Waals surface area contributed by atoms with E-state index in [-0.39, 0.29) is 11.3 Å². The third kappa shape index (κ3) is 6.19. The van der Waals surface area contributed by atoms with Crippen LogP contribution >= 0.6 is 0 Å². The minimum absolute atomic E-state index is 0.226. The van der Waals surface area contributed by atoms with Crippen molar-refractivity contribution >= 4 is 33.3 Å². The van der Waals surface area contributed by atoms with Crippen LogP contribution in [0.25, 0.3) is 11.8 Å². The molecule has 3 aromatic carbocycles. The van der Waals surface area contributed by atoms with Crippen molar-refractivity contribution < 1.29 is 17.9 Å². The third-order valence-corrected chi connectivity index (χ3v) is 6.65. The Kier molecular flexibility index (Phi) is 6.80. The van der Waals surface area contributed by atoms with Gasteiger partial charge in [0.2, 0.25) is 0 Å². The van der Waals surface area contributed by atoms with Crippen LogP contribution in [0.4, 0.5) is 5.69 Å². The summed E-state index contributed by atoms with van der Waals surface area (Å²) < 4.78 is 32.9. The first-order chi connectivity index (χ1) is 16.6. The minimum Gasteiger partial charge on any atom is -0.497 e. The van der Waals surface area contributed by atoms with Crippen molar-refractivity contribution in [1.29, 1.82) is 0 Å². The quantitative estimate of drug-likeness (QED) is 0.350. The van der Waals surface area contributed by atoms with Gasteiger partial charge >= 0.3 is 0 Å². The Morgan fingerprint density at radius 1 is 1.03 bits per heavy atom. The minimum atomic E-state index is -3.75. The highest BCUT2D eigenvalue weighted by Gasteiger charge is 2.28. The first-order valence-electron chi connectivity index (χ1n) is 11.2. The van der Waals surface area contributed by atoms with Gasteiger partial charge in [0, 0.05) is 34.1 Å². The maximum Gasteiger partial charge on any atom is 0.255 e. The summed E-state index contributed by atoms with van der Waals surface area (Å²) in [6, 6.07) is 21.5. The number of carbonyl (C=O) groups excluding carboxylic acids is 1. The fourth-order valence-corrected chi connectivity index (χ4v) is 4.89. The molecule has 3 aromatic rings. The zero-order valence-corrected chi connectivity index (χ0v) is 20.7. The molecule has 0 spiro atoms. The molecule has 1 aliphatic heterocycles. The fraction of sp³-hybridized carbons (Fsp3) is 0.179. The SMILES string of the molecule is COc1ccc2c(c1)/C(=C/C(=O)c1cccc(NS(=O)(=O)C=Cc3ccccc3)c1)NC(C)(C)C2. The molecular weight excluding hydrogens is 460 g/mol. The zero-order valence-electron chi connectivity index (χ0n) is 19.9. The molecule has 0 saturated carbocycles. The van der Waals surface area contributed by atoms with E-state index in [0.717, 1.165) is 28.5 Å². The summed E-state index contributed by atoms with van der Waals surface area (Å²) in [4.78, 5) is 13.2. The highest BCUT2D eigenvalue weighted by Crippen LogP contribution is 2.32. The van der Waals surface area contributed by atoms with Crippen LogP contribution in [0.15, 0.2) is 84.3 Å². The molecule has 180 valence electrons. The highest BCUT2D eigenvalue weighted by atomic mass is 32.2. The molecule has 0 bridgehead atoms. The number of sulfonamides is 1. The van der Waals surface area contributed by atoms with Crippen LogP contribution in [-0.4, -0.2) is 26.8 Å². The number of allylic oxidation sites excluding steroid dienone is 1. The van der Waals surface area contributed by atoms with E-state index in [1.54, 1.807) is 31.4 Å². The molecule has 0 amide bonds. The maximum atomic E-state index is 13.2. The lowest BCUT2D eigenvalue weighted by atomic mass is 9.85. The number of nitrogens with one attached hydrogen (secondary N) is 2. The number of anilines is 1. The number of ether oxygens (including phenoxy) is 1. The lowest BCUT2D eigenvalue weighted by molar-refractivity contribution is 0.104. The summed E-state index contributed by atoms with van der Waals surface area (Å²) in [5, 5.41) is 4.56. The predicted molar refractivity (Wildman–Crippen MR) is 141 cm³/mol. The van der Waals surface area contributed by atoms with Gasteiger partial charge in [0.15, 0.2) is 5.78 Å². The highest BCUT2D eigenvalue weighted by molar-refractivity contribution is 7.95. The summed E-state index contributed by atoms with van der Waals surface area (Å²) in [5.41, 5.74) is 3.98. The average molecular weight is 489 g/mol. The van der Waals surface area contributed by atoms with Gasteiger partial charge in [0.1, 0.15) is 5.75 Å². The van der Waals surface area contributed by atoms with Crippen LogP contribution in [0.2, 0.25) is 0 Å². The number of rotatable bonds is 7. The van der Waals surface area contributed by atoms with Gasteiger partial charge in [-0.25, -0.2) is 8.42 Å². The molecule has 0 aromatic heterocycles. The second-order valence-electron chi connectivity index (χ2n) is 9.07. The molecule has 4 rings (SSSR count). The van der Waals surface area contributed by atoms with Crippen LogP contribution < -0.4 is 14.8 Å². The topological polar surface area (TPSA) is 84.5 Å². The third-order valence-electron chi connectivity index (χ3n) is 5.63. The maximum absolute atomic E-state index is 13.2. The van der Waals surface area contributed by atoms with Crippen molar-refractivity contribution in [2.24, 2.45) is 0 Å². The lowest BCUT2D eigenvalue weighted by Gasteiger charge is -2.35. The lowest BCUT2D eigenvalue weighted by Crippen LogP contribution is -2.43. The van der Waals surface area contributed by atoms with Crippen LogP contribution in [-0.2, 0) is 16.4 Å². The molecule has 1 heterocycles. The molecule has 0 fully saturated rings. The first kappa shape index (κ1) is 24.3. The Bertz CT molecular complexity index is 1410. The number of benzene rings is 3. The largest absolute Gasteiger partial charge is 0.497 e. The standard InChI is InChI=1S/C28H28N2O4S/c1-28(2)19-22-12-13-24(34-3)17-25(22)26(29-28)18-27(31)21-10-7-11-23(16-21)30-35(32,33)15-14-20-8-5-4-6-9-20/h4-18,29-30H,19H2,1-3H3/b15-14?,26-18-. The average Bonchev–Trinajstić information content (AvgIpc) is 2.82. The van der Waals surface area contributed by atoms with Crippen molar-refractivity contribution in [1.82, 2.24) is 5.32 Å². The van der Waals surface area contributed by atoms with Gasteiger partial charge < -0.3 is 10.1 Å². The summed E-state index contributed by atoms with van der Waals surface area (Å²) in [5.74, 6) is 0.475. The van der Waals surface area contributed by atoms with Gasteiger partial charge in [-0.05, 0) is 61.7 Å². The molecular formula is C28H28N2O4S. The Balaban J connectivity index is 1.58. The van der Waals surface area contributed by atoms with Crippen molar-refractivity contribution in [3.8, 4) is 5.75 Å². The van der Waals surface area contributed by atoms with E-state index in [1.807, 2.05) is 48.5 Å². The molecule has 0 radical (unpaired) electrons. The number of ketones is 1. The number of hydrogen-bond acceptors (Lipinski definition) is 5. The smallest absolute Gasteiger partial charge is 0.255 e. The van der Waals surface area contributed by atoms with E-state index >= 15 is 0 Å². The number of hydrogen-bond donors (Lipinski definition) is 2. The number of fused-ring (bicyclic) bond motifs is 1. The van der Waals surface area contributed by atoms with Gasteiger partial charge in [-0.1, -0.05) is 48.5 Å². The normalized spacial score (nSPS) is 15.9. The molecule has 0 unspecified atom stereocenters. The molecule has 1 aliphatic rings. The first-order valence-corrected chi connectivity index (χ1v) is 12.8. The predicted octanol–water partition coefficient (Wildman–Crippen LogP) is 5.26. The molecule has 0 aliphatic carbocycles. The number of carbonyl (C=O) groups is 1. The van der Waals surface area contributed by atoms with E-state index in [9.17, 15) is 13.2 Å². The van der Waals surface area contributed by atoms with Crippen molar-refractivity contribution in [2.45, 2.75) is 25.8 Å². The van der Waals surface area contributed by atoms with Crippen LogP contribution in [0.1, 0.15) is 40.9 Å². The molecule has 7 heteroatoms. The van der Waals surface area contributed by atoms with Gasteiger partial charge in [-0.2, -0.15) is 0 Å². The Hall–Kier alpha value is -3.84. The molecule has 2 N–H and O–H groups in total. The number of methoxy groups -OCH3 is 1. The van der Waals surface area contributed by atoms with Gasteiger partial charge in [0.05, 0.1) is 12.5 Å². The molecule has 0 saturated heterocycles.